The molecule has 0 heterocycles. The lowest BCUT2D eigenvalue weighted by Crippen LogP contribution is -2.08. The molecule has 0 amide bonds. The Labute approximate surface area is 328 Å². The van der Waals surface area contributed by atoms with E-state index in [0.29, 0.717) is 42.8 Å². The molecule has 0 fully saturated rings. The highest BCUT2D eigenvalue weighted by molar-refractivity contribution is 9.11. The summed E-state index contributed by atoms with van der Waals surface area (Å²) in [5, 5.41) is 9.90. The molecule has 0 aliphatic heterocycles. The highest BCUT2D eigenvalue weighted by Gasteiger charge is 2.23. The monoisotopic (exact) mass is 1100 g/mol. The third-order valence-corrected chi connectivity index (χ3v) is 10.9. The van der Waals surface area contributed by atoms with Gasteiger partial charge >= 0.3 is 10.4 Å². The quantitative estimate of drug-likeness (QED) is 0.133. The van der Waals surface area contributed by atoms with E-state index in [-0.39, 0.29) is 27.5 Å². The summed E-state index contributed by atoms with van der Waals surface area (Å²) in [5.74, 6) is 1.70. The second kappa shape index (κ2) is 15.5. The molecule has 5 aromatic rings. The zero-order valence-electron chi connectivity index (χ0n) is 23.1. The predicted molar refractivity (Wildman–Crippen MR) is 203 cm³/mol. The van der Waals surface area contributed by atoms with Gasteiger partial charge in [0.2, 0.25) is 0 Å². The standard InChI is InChI=1S/C31H17Br7O8S/c32-17-2-1-15(21(34)11-17)9-16-10-20(43-19-4-5-25(39)22(35)13-19)14-24(37)30(16)45-27-7-8-28(46-47(40,41)42)31(29(27)38)44-26-6-3-18(33)12-23(26)36/h1-8,10-14,39H,9H2,(H,40,41,42). The van der Waals surface area contributed by atoms with Gasteiger partial charge in [-0.3, -0.25) is 4.55 Å². The Hall–Kier alpha value is -1.63. The molecular formula is C31H17Br7O8S. The Balaban J connectivity index is 1.59. The lowest BCUT2D eigenvalue weighted by molar-refractivity contribution is 0.370. The van der Waals surface area contributed by atoms with Gasteiger partial charge in [-0.2, -0.15) is 8.42 Å². The first-order chi connectivity index (χ1) is 22.2. The first-order valence-electron chi connectivity index (χ1n) is 12.9. The van der Waals surface area contributed by atoms with Crippen molar-refractivity contribution in [2.75, 3.05) is 0 Å². The van der Waals surface area contributed by atoms with E-state index in [1.807, 2.05) is 24.3 Å². The molecule has 2 N–H and O–H groups in total. The van der Waals surface area contributed by atoms with E-state index in [2.05, 4.69) is 112 Å². The first-order valence-corrected chi connectivity index (χ1v) is 19.8. The van der Waals surface area contributed by atoms with Crippen molar-refractivity contribution < 1.29 is 36.5 Å². The summed E-state index contributed by atoms with van der Waals surface area (Å²) in [6.45, 7) is 0. The minimum atomic E-state index is -4.90. The van der Waals surface area contributed by atoms with E-state index in [1.165, 1.54) is 18.2 Å². The van der Waals surface area contributed by atoms with Crippen molar-refractivity contribution in [3.63, 3.8) is 0 Å². The lowest BCUT2D eigenvalue weighted by Gasteiger charge is -2.19. The highest BCUT2D eigenvalue weighted by Crippen LogP contribution is 2.49. The van der Waals surface area contributed by atoms with E-state index in [0.717, 1.165) is 24.5 Å². The number of hydrogen-bond donors (Lipinski definition) is 2. The van der Waals surface area contributed by atoms with Crippen molar-refractivity contribution in [1.29, 1.82) is 0 Å². The highest BCUT2D eigenvalue weighted by atomic mass is 79.9. The Morgan fingerprint density at radius 3 is 1.83 bits per heavy atom. The molecule has 5 aromatic carbocycles. The maximum atomic E-state index is 11.7. The van der Waals surface area contributed by atoms with Gasteiger partial charge in [0.05, 0.1) is 13.4 Å². The van der Waals surface area contributed by atoms with Crippen LogP contribution in [0.4, 0.5) is 0 Å². The molecule has 0 bridgehead atoms. The topological polar surface area (TPSA) is 112 Å². The number of ether oxygens (including phenoxy) is 3. The van der Waals surface area contributed by atoms with Crippen LogP contribution in [0.5, 0.6) is 46.0 Å². The Bertz CT molecular complexity index is 2110. The summed E-state index contributed by atoms with van der Waals surface area (Å²) >= 11 is 24.4. The van der Waals surface area contributed by atoms with Gasteiger partial charge < -0.3 is 23.5 Å². The van der Waals surface area contributed by atoms with Gasteiger partial charge in [-0.25, -0.2) is 0 Å². The molecule has 0 atom stereocenters. The molecule has 0 aliphatic rings. The second-order valence-electron chi connectivity index (χ2n) is 9.52. The van der Waals surface area contributed by atoms with Crippen molar-refractivity contribution in [1.82, 2.24) is 0 Å². The number of phenolic OH excluding ortho intramolecular Hbond substituents is 1. The average molecular weight is 1110 g/mol. The number of rotatable bonds is 10. The summed E-state index contributed by atoms with van der Waals surface area (Å²) in [6, 6.07) is 22.1. The van der Waals surface area contributed by atoms with Gasteiger partial charge in [0.1, 0.15) is 39.0 Å². The molecule has 0 spiro atoms. The van der Waals surface area contributed by atoms with E-state index >= 15 is 0 Å². The van der Waals surface area contributed by atoms with Crippen molar-refractivity contribution >= 4 is 122 Å². The number of aromatic hydroxyl groups is 1. The van der Waals surface area contributed by atoms with Gasteiger partial charge in [0, 0.05) is 25.4 Å². The van der Waals surface area contributed by atoms with Crippen LogP contribution in [0.15, 0.2) is 110 Å². The summed E-state index contributed by atoms with van der Waals surface area (Å²) in [6.07, 6.45) is 0.412. The molecule has 0 unspecified atom stereocenters. The van der Waals surface area contributed by atoms with Gasteiger partial charge in [-0.1, -0.05) is 53.9 Å². The fourth-order valence-corrected chi connectivity index (χ4v) is 8.22. The van der Waals surface area contributed by atoms with Crippen LogP contribution in [0.2, 0.25) is 0 Å². The zero-order chi connectivity index (χ0) is 34.0. The molecule has 8 nitrogen and oxygen atoms in total. The van der Waals surface area contributed by atoms with E-state index in [4.69, 9.17) is 18.4 Å². The van der Waals surface area contributed by atoms with Crippen LogP contribution in [0.25, 0.3) is 0 Å². The van der Waals surface area contributed by atoms with E-state index < -0.39 is 10.4 Å². The van der Waals surface area contributed by atoms with Crippen LogP contribution in [-0.2, 0) is 16.8 Å². The van der Waals surface area contributed by atoms with Crippen LogP contribution in [-0.4, -0.2) is 18.1 Å². The van der Waals surface area contributed by atoms with E-state index in [9.17, 15) is 18.1 Å². The van der Waals surface area contributed by atoms with E-state index in [1.54, 1.807) is 36.4 Å². The zero-order valence-corrected chi connectivity index (χ0v) is 35.0. The maximum absolute atomic E-state index is 11.7. The minimum absolute atomic E-state index is 0.0747. The minimum Gasteiger partial charge on any atom is -0.507 e. The summed E-state index contributed by atoms with van der Waals surface area (Å²) in [5.41, 5.74) is 1.67. The van der Waals surface area contributed by atoms with Crippen LogP contribution in [0.3, 0.4) is 0 Å². The van der Waals surface area contributed by atoms with Crippen molar-refractivity contribution in [3.05, 3.63) is 121 Å². The fourth-order valence-electron chi connectivity index (χ4n) is 4.14. The van der Waals surface area contributed by atoms with Gasteiger partial charge in [0.15, 0.2) is 11.5 Å². The predicted octanol–water partition coefficient (Wildman–Crippen LogP) is 12.9. The molecule has 5 rings (SSSR count). The summed E-state index contributed by atoms with van der Waals surface area (Å²) in [4.78, 5) is 0. The van der Waals surface area contributed by atoms with Crippen LogP contribution in [0.1, 0.15) is 11.1 Å². The van der Waals surface area contributed by atoms with Crippen LogP contribution in [0, 0.1) is 0 Å². The molecule has 244 valence electrons. The largest absolute Gasteiger partial charge is 0.507 e. The molecule has 0 saturated heterocycles. The molecule has 47 heavy (non-hydrogen) atoms. The van der Waals surface area contributed by atoms with Crippen molar-refractivity contribution in [3.8, 4) is 46.0 Å². The smallest absolute Gasteiger partial charge is 0.446 e. The second-order valence-corrected chi connectivity index (χ2v) is 16.6. The fraction of sp³-hybridized carbons (Fsp3) is 0.0323. The van der Waals surface area contributed by atoms with Crippen LogP contribution < -0.4 is 18.4 Å². The molecule has 0 aromatic heterocycles. The molecule has 16 heteroatoms. The Kier molecular flexibility index (Phi) is 12.1. The molecule has 0 aliphatic carbocycles. The first kappa shape index (κ1) is 36.6. The number of benzene rings is 5. The number of halogens is 7. The third kappa shape index (κ3) is 9.54. The third-order valence-electron chi connectivity index (χ3n) is 6.18. The number of phenols is 1. The van der Waals surface area contributed by atoms with Gasteiger partial charge in [-0.05, 0) is 142 Å². The van der Waals surface area contributed by atoms with Gasteiger partial charge in [-0.15, -0.1) is 0 Å². The van der Waals surface area contributed by atoms with Crippen molar-refractivity contribution in [2.24, 2.45) is 0 Å². The van der Waals surface area contributed by atoms with Crippen LogP contribution >= 0.6 is 112 Å². The molecule has 0 saturated carbocycles. The molecular weight excluding hydrogens is 1090 g/mol. The van der Waals surface area contributed by atoms with Crippen molar-refractivity contribution in [2.45, 2.75) is 6.42 Å². The Morgan fingerprint density at radius 2 is 1.17 bits per heavy atom. The SMILES string of the molecule is O=S(=O)(O)Oc1ccc(Oc2c(Br)cc(Oc3ccc(O)c(Br)c3)cc2Cc2ccc(Br)cc2Br)c(Br)c1Oc1ccc(Br)cc1Br. The normalized spacial score (nSPS) is 11.3. The lowest BCUT2D eigenvalue weighted by atomic mass is 10.0. The molecule has 0 radical (unpaired) electrons. The maximum Gasteiger partial charge on any atom is 0.446 e. The van der Waals surface area contributed by atoms with Gasteiger partial charge in [0.25, 0.3) is 0 Å². The average Bonchev–Trinajstić information content (AvgIpc) is 2.97. The summed E-state index contributed by atoms with van der Waals surface area (Å²) < 4.78 is 60.7. The Morgan fingerprint density at radius 1 is 0.553 bits per heavy atom. The summed E-state index contributed by atoms with van der Waals surface area (Å²) in [7, 11) is -4.90. The number of hydrogen-bond acceptors (Lipinski definition) is 7.